The average Bonchev–Trinajstić information content (AvgIpc) is 3.45. The second-order valence-electron chi connectivity index (χ2n) is 9.34. The number of nitrogens with zero attached hydrogens (tertiary/aromatic N) is 3. The SMILES string of the molecule is CCOc1ccc(F)c(Cl)c1[C@@H](C)c1c[nH]c2ncc(-c3cnn([C@H]4CC[C@H](O)CC4)c3C)cc12. The van der Waals surface area contributed by atoms with Gasteiger partial charge in [-0.25, -0.2) is 9.37 Å². The lowest BCUT2D eigenvalue weighted by atomic mass is 9.91. The number of fused-ring (bicyclic) bond motifs is 1. The number of aromatic amines is 1. The number of nitrogens with one attached hydrogen (secondary N) is 1. The Morgan fingerprint density at radius 3 is 2.77 bits per heavy atom. The normalized spacial score (nSPS) is 19.3. The van der Waals surface area contributed by atoms with E-state index in [2.05, 4.69) is 27.6 Å². The summed E-state index contributed by atoms with van der Waals surface area (Å²) >= 11 is 6.42. The van der Waals surface area contributed by atoms with Crippen molar-refractivity contribution in [3.05, 3.63) is 64.5 Å². The minimum atomic E-state index is -0.464. The van der Waals surface area contributed by atoms with E-state index in [1.165, 1.54) is 6.07 Å². The van der Waals surface area contributed by atoms with Gasteiger partial charge in [0.1, 0.15) is 17.2 Å². The molecule has 1 aliphatic carbocycles. The van der Waals surface area contributed by atoms with Crippen LogP contribution in [-0.2, 0) is 0 Å². The number of aliphatic hydroxyl groups excluding tert-OH is 1. The Hall–Kier alpha value is -2.90. The average molecular weight is 497 g/mol. The first kappa shape index (κ1) is 23.8. The number of H-pyrrole nitrogens is 1. The van der Waals surface area contributed by atoms with Crippen LogP contribution in [0.2, 0.25) is 5.02 Å². The highest BCUT2D eigenvalue weighted by molar-refractivity contribution is 6.31. The molecule has 0 bridgehead atoms. The van der Waals surface area contributed by atoms with Crippen LogP contribution < -0.4 is 4.74 Å². The van der Waals surface area contributed by atoms with Crippen LogP contribution in [0.5, 0.6) is 5.75 Å². The fourth-order valence-electron chi connectivity index (χ4n) is 5.30. The molecule has 4 aromatic rings. The van der Waals surface area contributed by atoms with Gasteiger partial charge in [0.2, 0.25) is 0 Å². The molecule has 0 spiro atoms. The van der Waals surface area contributed by atoms with E-state index in [1.54, 1.807) is 6.07 Å². The smallest absolute Gasteiger partial charge is 0.142 e. The third-order valence-corrected chi connectivity index (χ3v) is 7.61. The predicted molar refractivity (Wildman–Crippen MR) is 136 cm³/mol. The quantitative estimate of drug-likeness (QED) is 0.317. The van der Waals surface area contributed by atoms with Gasteiger partial charge < -0.3 is 14.8 Å². The Balaban J connectivity index is 1.53. The van der Waals surface area contributed by atoms with Crippen molar-refractivity contribution in [2.24, 2.45) is 0 Å². The number of ether oxygens (including phenoxy) is 1. The van der Waals surface area contributed by atoms with Crippen molar-refractivity contribution in [2.45, 2.75) is 64.5 Å². The molecular weight excluding hydrogens is 467 g/mol. The predicted octanol–water partition coefficient (Wildman–Crippen LogP) is 6.55. The number of aromatic nitrogens is 4. The minimum Gasteiger partial charge on any atom is -0.494 e. The van der Waals surface area contributed by atoms with Gasteiger partial charge in [-0.1, -0.05) is 18.5 Å². The van der Waals surface area contributed by atoms with Crippen LogP contribution in [0.25, 0.3) is 22.2 Å². The van der Waals surface area contributed by atoms with E-state index in [-0.39, 0.29) is 17.0 Å². The molecule has 1 saturated carbocycles. The van der Waals surface area contributed by atoms with Crippen LogP contribution in [-0.4, -0.2) is 37.6 Å². The maximum Gasteiger partial charge on any atom is 0.142 e. The summed E-state index contributed by atoms with van der Waals surface area (Å²) in [7, 11) is 0. The summed E-state index contributed by atoms with van der Waals surface area (Å²) in [6.07, 6.45) is 8.94. The molecule has 1 aliphatic rings. The minimum absolute atomic E-state index is 0.0802. The first-order valence-corrected chi connectivity index (χ1v) is 12.6. The second-order valence-corrected chi connectivity index (χ2v) is 9.72. The van der Waals surface area contributed by atoms with E-state index in [0.717, 1.165) is 59.1 Å². The lowest BCUT2D eigenvalue weighted by Crippen LogP contribution is -2.22. The maximum atomic E-state index is 14.4. The van der Waals surface area contributed by atoms with Crippen LogP contribution >= 0.6 is 11.6 Å². The number of hydrogen-bond acceptors (Lipinski definition) is 4. The van der Waals surface area contributed by atoms with Gasteiger partial charge in [0, 0.05) is 46.1 Å². The number of benzene rings is 1. The lowest BCUT2D eigenvalue weighted by molar-refractivity contribution is 0.107. The molecule has 0 amide bonds. The van der Waals surface area contributed by atoms with Crippen LogP contribution in [0, 0.1) is 12.7 Å². The molecule has 0 aliphatic heterocycles. The Bertz CT molecular complexity index is 1360. The molecule has 1 fully saturated rings. The molecule has 6 nitrogen and oxygen atoms in total. The van der Waals surface area contributed by atoms with Crippen LogP contribution in [0.3, 0.4) is 0 Å². The summed E-state index contributed by atoms with van der Waals surface area (Å²) in [6.45, 7) is 6.44. The molecular formula is C27H30ClFN4O2. The van der Waals surface area contributed by atoms with Gasteiger partial charge in [-0.3, -0.25) is 4.68 Å². The van der Waals surface area contributed by atoms with Gasteiger partial charge in [0.15, 0.2) is 0 Å². The lowest BCUT2D eigenvalue weighted by Gasteiger charge is -2.26. The van der Waals surface area contributed by atoms with E-state index >= 15 is 0 Å². The summed E-state index contributed by atoms with van der Waals surface area (Å²) in [4.78, 5) is 7.91. The Morgan fingerprint density at radius 1 is 1.26 bits per heavy atom. The third kappa shape index (κ3) is 4.32. The van der Waals surface area contributed by atoms with Crippen LogP contribution in [0.1, 0.15) is 68.3 Å². The van der Waals surface area contributed by atoms with Crippen molar-refractivity contribution in [2.75, 3.05) is 6.61 Å². The molecule has 35 heavy (non-hydrogen) atoms. The zero-order valence-electron chi connectivity index (χ0n) is 20.2. The van der Waals surface area contributed by atoms with E-state index in [4.69, 9.17) is 21.4 Å². The topological polar surface area (TPSA) is 76.0 Å². The van der Waals surface area contributed by atoms with Gasteiger partial charge in [0.05, 0.1) is 30.0 Å². The molecule has 0 radical (unpaired) electrons. The molecule has 8 heteroatoms. The first-order valence-electron chi connectivity index (χ1n) is 12.2. The molecule has 5 rings (SSSR count). The van der Waals surface area contributed by atoms with Crippen LogP contribution in [0.4, 0.5) is 4.39 Å². The van der Waals surface area contributed by atoms with E-state index in [1.807, 2.05) is 32.4 Å². The molecule has 0 unspecified atom stereocenters. The van der Waals surface area contributed by atoms with Crippen molar-refractivity contribution in [3.63, 3.8) is 0 Å². The number of hydrogen-bond donors (Lipinski definition) is 2. The molecule has 184 valence electrons. The molecule has 2 N–H and O–H groups in total. The van der Waals surface area contributed by atoms with Gasteiger partial charge in [-0.15, -0.1) is 0 Å². The standard InChI is InChI=1S/C27H30ClFN4O2/c1-4-35-24-10-9-23(29)26(28)25(24)15(2)21-13-31-27-20(21)11-17(12-30-27)22-14-32-33(16(22)3)18-5-7-19(34)8-6-18/h9-15,18-19,34H,4-8H2,1-3H3,(H,30,31)/t15-,18-,19-/m0/s1. The molecule has 1 aromatic carbocycles. The Morgan fingerprint density at radius 2 is 2.03 bits per heavy atom. The van der Waals surface area contributed by atoms with Crippen LogP contribution in [0.15, 0.2) is 36.8 Å². The summed E-state index contributed by atoms with van der Waals surface area (Å²) < 4.78 is 22.3. The number of halogens is 2. The Labute approximate surface area is 209 Å². The van der Waals surface area contributed by atoms with E-state index in [9.17, 15) is 9.50 Å². The van der Waals surface area contributed by atoms with Crippen molar-refractivity contribution < 1.29 is 14.2 Å². The van der Waals surface area contributed by atoms with Gasteiger partial charge in [-0.05, 0) is 63.3 Å². The van der Waals surface area contributed by atoms with E-state index < -0.39 is 5.82 Å². The fourth-order valence-corrected chi connectivity index (χ4v) is 5.62. The summed E-state index contributed by atoms with van der Waals surface area (Å²) in [5.74, 6) is -0.100. The van der Waals surface area contributed by atoms with Crippen molar-refractivity contribution >= 4 is 22.6 Å². The van der Waals surface area contributed by atoms with E-state index in [0.29, 0.717) is 24.0 Å². The maximum absolute atomic E-state index is 14.4. The Kier molecular flexibility index (Phi) is 6.55. The monoisotopic (exact) mass is 496 g/mol. The molecule has 3 aromatic heterocycles. The summed E-state index contributed by atoms with van der Waals surface area (Å²) in [5, 5.41) is 15.6. The van der Waals surface area contributed by atoms with Gasteiger partial charge >= 0.3 is 0 Å². The van der Waals surface area contributed by atoms with Crippen molar-refractivity contribution in [3.8, 4) is 16.9 Å². The largest absolute Gasteiger partial charge is 0.494 e. The highest BCUT2D eigenvalue weighted by Crippen LogP contribution is 2.41. The fraction of sp³-hybridized carbons (Fsp3) is 0.407. The van der Waals surface area contributed by atoms with Crippen molar-refractivity contribution in [1.29, 1.82) is 0 Å². The highest BCUT2D eigenvalue weighted by Gasteiger charge is 2.25. The zero-order chi connectivity index (χ0) is 24.7. The zero-order valence-corrected chi connectivity index (χ0v) is 20.9. The van der Waals surface area contributed by atoms with Gasteiger partial charge in [0.25, 0.3) is 0 Å². The summed E-state index contributed by atoms with van der Waals surface area (Å²) in [6, 6.07) is 5.39. The molecule has 3 heterocycles. The highest BCUT2D eigenvalue weighted by atomic mass is 35.5. The number of rotatable bonds is 6. The number of aliphatic hydroxyl groups is 1. The summed E-state index contributed by atoms with van der Waals surface area (Å²) in [5.41, 5.74) is 5.44. The van der Waals surface area contributed by atoms with Gasteiger partial charge in [-0.2, -0.15) is 5.10 Å². The first-order chi connectivity index (χ1) is 16.9. The molecule has 1 atom stereocenters. The number of pyridine rings is 1. The van der Waals surface area contributed by atoms with Crippen molar-refractivity contribution in [1.82, 2.24) is 19.7 Å². The molecule has 0 saturated heterocycles. The third-order valence-electron chi connectivity index (χ3n) is 7.22. The second kappa shape index (κ2) is 9.63.